The number of hydrogen-bond acceptors (Lipinski definition) is 0. The van der Waals surface area contributed by atoms with Crippen molar-refractivity contribution >= 4 is 36.5 Å². The minimum atomic E-state index is 0.891. The van der Waals surface area contributed by atoms with Gasteiger partial charge in [-0.25, -0.2) is 0 Å². The second-order valence-electron chi connectivity index (χ2n) is 21.2. The lowest BCUT2D eigenvalue weighted by molar-refractivity contribution is 0.520. The summed E-state index contributed by atoms with van der Waals surface area (Å²) in [6, 6.07) is 59.9. The van der Waals surface area contributed by atoms with E-state index in [0.29, 0.717) is 0 Å². The Balaban J connectivity index is 0.000000325. The third-order valence-corrected chi connectivity index (χ3v) is 14.2. The van der Waals surface area contributed by atoms with Gasteiger partial charge in [0.25, 0.3) is 0 Å². The fraction of sp³-hybridized carbons (Fsp3) is 0.333. The average Bonchev–Trinajstić information content (AvgIpc) is 3.51. The molecule has 0 nitrogen and oxygen atoms in total. The van der Waals surface area contributed by atoms with Gasteiger partial charge in [-0.05, 0) is 138 Å². The summed E-state index contributed by atoms with van der Waals surface area (Å²) in [5.74, 6) is 0.891. The maximum absolute atomic E-state index is 3.79. The normalized spacial score (nSPS) is 11.2. The van der Waals surface area contributed by atoms with E-state index in [1.165, 1.54) is 189 Å². The highest BCUT2D eigenvalue weighted by atomic mass is 14.3. The van der Waals surface area contributed by atoms with Crippen molar-refractivity contribution < 1.29 is 0 Å². The van der Waals surface area contributed by atoms with Crippen molar-refractivity contribution in [2.75, 3.05) is 0 Å². The fourth-order valence-corrected chi connectivity index (χ4v) is 9.24. The number of rotatable bonds is 24. The van der Waals surface area contributed by atoms with Crippen LogP contribution in [0.15, 0.2) is 209 Å². The highest BCUT2D eigenvalue weighted by molar-refractivity contribution is 5.51. The average molecular weight is 1080 g/mol. The first kappa shape index (κ1) is 70.1. The fourth-order valence-electron chi connectivity index (χ4n) is 9.24. The van der Waals surface area contributed by atoms with Gasteiger partial charge in [-0.2, -0.15) is 0 Å². The van der Waals surface area contributed by atoms with Gasteiger partial charge >= 0.3 is 0 Å². The summed E-state index contributed by atoms with van der Waals surface area (Å²) in [5, 5.41) is 0. The second-order valence-corrected chi connectivity index (χ2v) is 21.2. The van der Waals surface area contributed by atoms with Gasteiger partial charge in [-0.3, -0.25) is 0 Å². The zero-order chi connectivity index (χ0) is 59.1. The number of unbranched alkanes of at least 4 members (excludes halogenated alkanes) is 8. The SMILES string of the molecule is C=Cc1ccc(C)cc1.C=Cc1ccc(CCC)cc1.C=Cc1ccc(CCCCC)cc1.C=Cc1cccc(C)c1.C=Cc1cccc(CCC)c1.C=Cc1cccc(CCCCCCC)c1.CCCCCC1Cc2ccccc21. The van der Waals surface area contributed by atoms with Crippen molar-refractivity contribution in [3.8, 4) is 0 Å². The lowest BCUT2D eigenvalue weighted by Gasteiger charge is -2.30. The molecule has 81 heavy (non-hydrogen) atoms. The standard InChI is InChI=1S/C15H22.2C13H18.2C11H14.2C9H10/c1-3-5-6-7-8-10-15-12-9-11-14(4-2)13-15;1-2-3-4-7-11-10-12-8-5-6-9-13(11)12;1-3-5-6-7-13-10-8-12(4-2)9-11-13;1-3-6-11-8-5-7-10(4-2)9-11;1-3-5-11-8-6-10(4-2)7-9-11;1-3-9-6-4-8(2)5-7-9;1-3-9-6-4-5-8(2)7-9/h4,9,11-13H,2-3,5-8,10H2,1H3;5-6,8-9,11H,2-4,7,10H2,1H3;4,8-11H,2-3,5-7H2,1H3;4-5,7-9H,2-3,6H2,1H3;4,6-9H,2-3,5H2,1H3;2*3-7H,1H2,2H3. The van der Waals surface area contributed by atoms with E-state index >= 15 is 0 Å². The molecule has 0 saturated carbocycles. The van der Waals surface area contributed by atoms with Gasteiger partial charge in [0.1, 0.15) is 0 Å². The Hall–Kier alpha value is -7.02. The lowest BCUT2D eigenvalue weighted by atomic mass is 9.75. The molecule has 0 bridgehead atoms. The van der Waals surface area contributed by atoms with Crippen molar-refractivity contribution in [1.82, 2.24) is 0 Å². The van der Waals surface area contributed by atoms with Crippen LogP contribution in [0.1, 0.15) is 208 Å². The summed E-state index contributed by atoms with van der Waals surface area (Å²) in [6.07, 6.45) is 36.1. The Labute approximate surface area is 497 Å². The molecular weight excluding hydrogens is 973 g/mol. The van der Waals surface area contributed by atoms with Crippen LogP contribution in [0.3, 0.4) is 0 Å². The van der Waals surface area contributed by atoms with Gasteiger partial charge in [0.2, 0.25) is 0 Å². The van der Waals surface area contributed by atoms with Gasteiger partial charge < -0.3 is 0 Å². The first-order chi connectivity index (χ1) is 39.5. The van der Waals surface area contributed by atoms with Crippen molar-refractivity contribution in [2.45, 2.75) is 176 Å². The van der Waals surface area contributed by atoms with Crippen molar-refractivity contribution in [3.63, 3.8) is 0 Å². The number of aryl methyl sites for hydroxylation is 6. The summed E-state index contributed by atoms with van der Waals surface area (Å²) in [7, 11) is 0. The molecule has 0 radical (unpaired) electrons. The molecule has 1 unspecified atom stereocenters. The van der Waals surface area contributed by atoms with Crippen LogP contribution >= 0.6 is 0 Å². The van der Waals surface area contributed by atoms with Crippen molar-refractivity contribution in [3.05, 3.63) is 287 Å². The smallest absolute Gasteiger partial charge is 0.0119 e. The summed E-state index contributed by atoms with van der Waals surface area (Å²) in [6.45, 7) is 37.6. The Morgan fingerprint density at radius 3 is 1.19 bits per heavy atom. The molecule has 1 atom stereocenters. The molecule has 430 valence electrons. The molecule has 0 aliphatic heterocycles. The van der Waals surface area contributed by atoms with Crippen LogP contribution < -0.4 is 0 Å². The van der Waals surface area contributed by atoms with Crippen LogP contribution in [0.4, 0.5) is 0 Å². The van der Waals surface area contributed by atoms with Gasteiger partial charge in [0.05, 0.1) is 0 Å². The van der Waals surface area contributed by atoms with Crippen LogP contribution in [0.25, 0.3) is 36.5 Å². The highest BCUT2D eigenvalue weighted by Crippen LogP contribution is 2.38. The van der Waals surface area contributed by atoms with E-state index in [4.69, 9.17) is 0 Å². The Kier molecular flexibility index (Phi) is 39.5. The van der Waals surface area contributed by atoms with E-state index in [1.54, 1.807) is 11.1 Å². The molecule has 0 heterocycles. The van der Waals surface area contributed by atoms with Crippen LogP contribution in [0, 0.1) is 13.8 Å². The molecule has 0 heteroatoms. The van der Waals surface area contributed by atoms with E-state index in [2.05, 4.69) is 246 Å². The minimum absolute atomic E-state index is 0.891. The summed E-state index contributed by atoms with van der Waals surface area (Å²) < 4.78 is 0. The first-order valence-electron chi connectivity index (χ1n) is 30.8. The van der Waals surface area contributed by atoms with Gasteiger partial charge in [0, 0.05) is 0 Å². The molecule has 8 rings (SSSR count). The van der Waals surface area contributed by atoms with Crippen molar-refractivity contribution in [2.24, 2.45) is 0 Å². The van der Waals surface area contributed by atoms with E-state index < -0.39 is 0 Å². The Morgan fingerprint density at radius 2 is 0.716 bits per heavy atom. The third kappa shape index (κ3) is 32.1. The van der Waals surface area contributed by atoms with Crippen molar-refractivity contribution in [1.29, 1.82) is 0 Å². The first-order valence-corrected chi connectivity index (χ1v) is 30.8. The van der Waals surface area contributed by atoms with Gasteiger partial charge in [0.15, 0.2) is 0 Å². The highest BCUT2D eigenvalue weighted by Gasteiger charge is 2.24. The number of hydrogen-bond donors (Lipinski definition) is 0. The summed E-state index contributed by atoms with van der Waals surface area (Å²) >= 11 is 0. The molecule has 0 saturated heterocycles. The summed E-state index contributed by atoms with van der Waals surface area (Å²) in [5.41, 5.74) is 18.7. The topological polar surface area (TPSA) is 0 Å². The third-order valence-electron chi connectivity index (χ3n) is 14.2. The van der Waals surface area contributed by atoms with Crippen LogP contribution in [0.5, 0.6) is 0 Å². The predicted molar refractivity (Wildman–Crippen MR) is 369 cm³/mol. The minimum Gasteiger partial charge on any atom is -0.0985 e. The molecule has 0 fully saturated rings. The maximum Gasteiger partial charge on any atom is -0.0119 e. The zero-order valence-electron chi connectivity index (χ0n) is 51.9. The largest absolute Gasteiger partial charge is 0.0985 e. The molecule has 1 aliphatic carbocycles. The molecule has 1 aliphatic rings. The molecule has 0 spiro atoms. The predicted octanol–water partition coefficient (Wildman–Crippen LogP) is 24.7. The maximum atomic E-state index is 3.79. The quantitative estimate of drug-likeness (QED) is 0.0529. The zero-order valence-corrected chi connectivity index (χ0v) is 51.9. The molecule has 7 aromatic carbocycles. The lowest BCUT2D eigenvalue weighted by Crippen LogP contribution is -2.16. The monoisotopic (exact) mass is 1080 g/mol. The molecule has 0 aromatic heterocycles. The Bertz CT molecular complexity index is 2740. The molecule has 0 N–H and O–H groups in total. The summed E-state index contributed by atoms with van der Waals surface area (Å²) in [4.78, 5) is 0. The van der Waals surface area contributed by atoms with Crippen LogP contribution in [0.2, 0.25) is 0 Å². The molecular formula is C81H106. The molecule has 7 aromatic rings. The van der Waals surface area contributed by atoms with Crippen LogP contribution in [-0.2, 0) is 32.1 Å². The van der Waals surface area contributed by atoms with Crippen LogP contribution in [-0.4, -0.2) is 0 Å². The number of benzene rings is 7. The van der Waals surface area contributed by atoms with E-state index in [0.717, 1.165) is 5.92 Å². The van der Waals surface area contributed by atoms with Gasteiger partial charge in [-0.15, -0.1) is 0 Å². The Morgan fingerprint density at radius 1 is 0.321 bits per heavy atom. The second kappa shape index (κ2) is 45.7. The molecule has 0 amide bonds. The number of fused-ring (bicyclic) bond motifs is 1. The van der Waals surface area contributed by atoms with E-state index in [-0.39, 0.29) is 0 Å². The van der Waals surface area contributed by atoms with Gasteiger partial charge in [-0.1, -0.05) is 362 Å². The van der Waals surface area contributed by atoms with E-state index in [9.17, 15) is 0 Å². The van der Waals surface area contributed by atoms with E-state index in [1.807, 2.05) is 48.6 Å².